The van der Waals surface area contributed by atoms with Crippen molar-refractivity contribution in [3.63, 3.8) is 0 Å². The minimum atomic E-state index is -0.0873. The maximum atomic E-state index is 14.4. The van der Waals surface area contributed by atoms with Crippen LogP contribution in [0.5, 0.6) is 5.75 Å². The number of nitrogens with one attached hydrogen (secondary N) is 2. The van der Waals surface area contributed by atoms with Gasteiger partial charge < -0.3 is 24.8 Å². The van der Waals surface area contributed by atoms with E-state index in [9.17, 15) is 4.79 Å². The summed E-state index contributed by atoms with van der Waals surface area (Å²) in [6.07, 6.45) is 2.70. The van der Waals surface area contributed by atoms with Gasteiger partial charge in [0.15, 0.2) is 6.61 Å². The molecule has 10 nitrogen and oxygen atoms in total. The van der Waals surface area contributed by atoms with Crippen LogP contribution in [0, 0.1) is 6.92 Å². The second-order valence-electron chi connectivity index (χ2n) is 11.7. The van der Waals surface area contributed by atoms with Crippen molar-refractivity contribution < 1.29 is 14.1 Å². The first-order chi connectivity index (χ1) is 21.8. The zero-order valence-corrected chi connectivity index (χ0v) is 27.1. The van der Waals surface area contributed by atoms with Gasteiger partial charge in [0, 0.05) is 44.3 Å². The minimum Gasteiger partial charge on any atom is -0.484 e. The number of nitrogens with zero attached hydrogens (tertiary/aromatic N) is 5. The van der Waals surface area contributed by atoms with Gasteiger partial charge in [-0.2, -0.15) is 10.1 Å². The molecule has 0 spiro atoms. The largest absolute Gasteiger partial charge is 0.484 e. The minimum absolute atomic E-state index is 0.0414. The SMILES string of the molecule is Cc1nn(C)c(Cl)c1-c1noc(COc2ccc(C3=C(C(=O)N(Cc4cccc(Cl)c4Cl)C4CC4)[C@H]4CNC[C@@H](C3)N4)cc2)n1. The number of hydrogen-bond donors (Lipinski definition) is 2. The summed E-state index contributed by atoms with van der Waals surface area (Å²) in [7, 11) is 1.76. The van der Waals surface area contributed by atoms with Crippen LogP contribution in [-0.2, 0) is 25.0 Å². The van der Waals surface area contributed by atoms with Crippen molar-refractivity contribution in [3.05, 3.63) is 85.9 Å². The van der Waals surface area contributed by atoms with Crippen molar-refractivity contribution in [2.24, 2.45) is 7.05 Å². The molecule has 2 atom stereocenters. The maximum Gasteiger partial charge on any atom is 0.264 e. The highest BCUT2D eigenvalue weighted by Crippen LogP contribution is 2.38. The molecule has 1 aliphatic carbocycles. The van der Waals surface area contributed by atoms with Crippen LogP contribution in [0.3, 0.4) is 0 Å². The number of aryl methyl sites for hydroxylation is 2. The van der Waals surface area contributed by atoms with Gasteiger partial charge in [-0.05, 0) is 61.1 Å². The molecule has 0 unspecified atom stereocenters. The van der Waals surface area contributed by atoms with Crippen molar-refractivity contribution in [1.82, 2.24) is 35.5 Å². The maximum absolute atomic E-state index is 14.4. The number of aromatic nitrogens is 4. The van der Waals surface area contributed by atoms with Gasteiger partial charge in [-0.3, -0.25) is 9.48 Å². The van der Waals surface area contributed by atoms with Crippen molar-refractivity contribution >= 4 is 46.3 Å². The van der Waals surface area contributed by atoms with Crippen LogP contribution in [-0.4, -0.2) is 61.9 Å². The lowest BCUT2D eigenvalue weighted by atomic mass is 9.83. The lowest BCUT2D eigenvalue weighted by Gasteiger charge is -2.41. The Morgan fingerprint density at radius 2 is 1.93 bits per heavy atom. The van der Waals surface area contributed by atoms with Gasteiger partial charge in [-0.1, -0.05) is 64.2 Å². The van der Waals surface area contributed by atoms with E-state index in [0.717, 1.165) is 48.1 Å². The molecule has 2 aliphatic heterocycles. The number of piperazine rings is 1. The van der Waals surface area contributed by atoms with Crippen molar-refractivity contribution in [2.75, 3.05) is 13.1 Å². The van der Waals surface area contributed by atoms with Gasteiger partial charge >= 0.3 is 0 Å². The Morgan fingerprint density at radius 3 is 2.67 bits per heavy atom. The lowest BCUT2D eigenvalue weighted by molar-refractivity contribution is -0.128. The number of halogens is 3. The molecule has 13 heteroatoms. The van der Waals surface area contributed by atoms with E-state index in [-0.39, 0.29) is 30.6 Å². The molecular formula is C32H32Cl3N7O3. The van der Waals surface area contributed by atoms with E-state index in [2.05, 4.69) is 25.9 Å². The van der Waals surface area contributed by atoms with Gasteiger partial charge in [-0.15, -0.1) is 0 Å². The Labute approximate surface area is 275 Å². The van der Waals surface area contributed by atoms with Crippen molar-refractivity contribution in [3.8, 4) is 17.1 Å². The fourth-order valence-corrected chi connectivity index (χ4v) is 6.84. The Bertz CT molecular complexity index is 1780. The molecule has 3 aliphatic rings. The number of hydrogen-bond acceptors (Lipinski definition) is 8. The third-order valence-corrected chi connectivity index (χ3v) is 9.85. The summed E-state index contributed by atoms with van der Waals surface area (Å²) >= 11 is 19.2. The van der Waals surface area contributed by atoms with Crippen LogP contribution in [0.15, 0.2) is 52.6 Å². The number of fused-ring (bicyclic) bond motifs is 2. The monoisotopic (exact) mass is 667 g/mol. The molecule has 2 fully saturated rings. The Kier molecular flexibility index (Phi) is 8.35. The summed E-state index contributed by atoms with van der Waals surface area (Å²) in [6, 6.07) is 13.8. The quantitative estimate of drug-likeness (QED) is 0.237. The number of rotatable bonds is 9. The van der Waals surface area contributed by atoms with Gasteiger partial charge in [-0.25, -0.2) is 0 Å². The molecule has 2 bridgehead atoms. The van der Waals surface area contributed by atoms with Crippen molar-refractivity contribution in [1.29, 1.82) is 0 Å². The molecule has 2 aromatic carbocycles. The summed E-state index contributed by atoms with van der Waals surface area (Å²) in [5, 5.41) is 17.0. The van der Waals surface area contributed by atoms with Gasteiger partial charge in [0.2, 0.25) is 5.82 Å². The second kappa shape index (κ2) is 12.4. The van der Waals surface area contributed by atoms with E-state index < -0.39 is 0 Å². The van der Waals surface area contributed by atoms with E-state index in [1.807, 2.05) is 48.2 Å². The average Bonchev–Trinajstić information content (AvgIpc) is 3.71. The normalized spacial score (nSPS) is 19.6. The number of amides is 1. The summed E-state index contributed by atoms with van der Waals surface area (Å²) in [5.74, 6) is 1.38. The third kappa shape index (κ3) is 6.09. The Hall–Kier alpha value is -3.41. The predicted molar refractivity (Wildman–Crippen MR) is 172 cm³/mol. The zero-order valence-electron chi connectivity index (χ0n) is 24.8. The first kappa shape index (κ1) is 30.3. The highest BCUT2D eigenvalue weighted by Gasteiger charge is 2.41. The van der Waals surface area contributed by atoms with Crippen molar-refractivity contribution in [2.45, 2.75) is 57.5 Å². The number of ether oxygens (including phenoxy) is 1. The van der Waals surface area contributed by atoms with E-state index in [1.54, 1.807) is 17.8 Å². The van der Waals surface area contributed by atoms with Crippen LogP contribution in [0.4, 0.5) is 0 Å². The molecule has 1 amide bonds. The van der Waals surface area contributed by atoms with Crippen LogP contribution < -0.4 is 15.4 Å². The van der Waals surface area contributed by atoms with E-state index >= 15 is 0 Å². The van der Waals surface area contributed by atoms with Crippen LogP contribution >= 0.6 is 34.8 Å². The first-order valence-electron chi connectivity index (χ1n) is 15.0. The summed E-state index contributed by atoms with van der Waals surface area (Å²) in [6.45, 7) is 3.89. The zero-order chi connectivity index (χ0) is 31.2. The first-order valence-corrected chi connectivity index (χ1v) is 16.1. The van der Waals surface area contributed by atoms with Gasteiger partial charge in [0.1, 0.15) is 10.9 Å². The molecule has 7 rings (SSSR count). The molecule has 4 aromatic rings. The topological polar surface area (TPSA) is 110 Å². The molecular weight excluding hydrogens is 637 g/mol. The lowest BCUT2D eigenvalue weighted by Crippen LogP contribution is -2.60. The van der Waals surface area contributed by atoms with Crippen LogP contribution in [0.25, 0.3) is 17.0 Å². The molecule has 1 saturated carbocycles. The highest BCUT2D eigenvalue weighted by atomic mass is 35.5. The molecule has 0 radical (unpaired) electrons. The third-order valence-electron chi connectivity index (χ3n) is 8.56. The summed E-state index contributed by atoms with van der Waals surface area (Å²) < 4.78 is 13.0. The highest BCUT2D eigenvalue weighted by molar-refractivity contribution is 6.42. The summed E-state index contributed by atoms with van der Waals surface area (Å²) in [4.78, 5) is 20.8. The molecule has 45 heavy (non-hydrogen) atoms. The molecule has 2 aromatic heterocycles. The molecule has 1 saturated heterocycles. The average molecular weight is 669 g/mol. The number of carbonyl (C=O) groups excluding carboxylic acids is 1. The number of benzene rings is 2. The van der Waals surface area contributed by atoms with E-state index in [1.165, 1.54) is 0 Å². The molecule has 2 N–H and O–H groups in total. The number of carbonyl (C=O) groups is 1. The second-order valence-corrected chi connectivity index (χ2v) is 12.9. The molecule has 234 valence electrons. The fraction of sp³-hybridized carbons (Fsp3) is 0.375. The van der Waals surface area contributed by atoms with Gasteiger partial charge in [0.05, 0.1) is 27.3 Å². The fourth-order valence-electron chi connectivity index (χ4n) is 6.20. The van der Waals surface area contributed by atoms with Crippen LogP contribution in [0.1, 0.15) is 42.0 Å². The standard InChI is InChI=1S/C32H32Cl3N7O3/c1-17-27(30(35)41(2)39-17)31-38-26(45-40-31)16-44-22-10-6-18(7-11-22)23-12-20-13-36-14-25(37-20)28(23)32(43)42(21-8-9-21)15-19-4-3-5-24(33)29(19)34/h3-7,10-11,20-21,25,36-37H,8-9,12-16H2,1-2H3/t20-,25-/m1/s1. The molecule has 4 heterocycles. The summed E-state index contributed by atoms with van der Waals surface area (Å²) in [5.41, 5.74) is 5.07. The predicted octanol–water partition coefficient (Wildman–Crippen LogP) is 5.60. The van der Waals surface area contributed by atoms with E-state index in [0.29, 0.717) is 57.0 Å². The Morgan fingerprint density at radius 1 is 1.13 bits per heavy atom. The Balaban J connectivity index is 1.12. The van der Waals surface area contributed by atoms with E-state index in [4.69, 9.17) is 44.1 Å². The van der Waals surface area contributed by atoms with Gasteiger partial charge in [0.25, 0.3) is 11.8 Å². The smallest absolute Gasteiger partial charge is 0.264 e. The van der Waals surface area contributed by atoms with Crippen LogP contribution in [0.2, 0.25) is 15.2 Å².